The van der Waals surface area contributed by atoms with E-state index in [4.69, 9.17) is 14.2 Å². The Morgan fingerprint density at radius 3 is 2.84 bits per heavy atom. The van der Waals surface area contributed by atoms with Crippen LogP contribution in [0.1, 0.15) is 13.8 Å². The molecule has 3 rings (SSSR count). The van der Waals surface area contributed by atoms with Crippen molar-refractivity contribution < 1.29 is 19.0 Å². The number of amides is 1. The van der Waals surface area contributed by atoms with Crippen molar-refractivity contribution in [3.8, 4) is 17.0 Å². The van der Waals surface area contributed by atoms with Gasteiger partial charge in [-0.1, -0.05) is 18.2 Å². The van der Waals surface area contributed by atoms with E-state index < -0.39 is 6.10 Å². The van der Waals surface area contributed by atoms with Gasteiger partial charge in [0.05, 0.1) is 31.6 Å². The molecule has 0 aliphatic carbocycles. The van der Waals surface area contributed by atoms with Crippen molar-refractivity contribution in [2.45, 2.75) is 26.1 Å². The maximum absolute atomic E-state index is 12.4. The summed E-state index contributed by atoms with van der Waals surface area (Å²) < 4.78 is 16.5. The summed E-state index contributed by atoms with van der Waals surface area (Å²) in [5.74, 6) is 1.02. The van der Waals surface area contributed by atoms with Crippen LogP contribution in [0.15, 0.2) is 42.5 Å². The number of nitrogens with one attached hydrogen (secondary N) is 1. The van der Waals surface area contributed by atoms with Crippen LogP contribution in [-0.2, 0) is 14.3 Å². The molecule has 0 radical (unpaired) electrons. The monoisotopic (exact) mass is 342 g/mol. The fraction of sp³-hybridized carbons (Fsp3) is 0.368. The van der Waals surface area contributed by atoms with Crippen LogP contribution in [0, 0.1) is 0 Å². The summed E-state index contributed by atoms with van der Waals surface area (Å²) in [6.07, 6.45) is -0.903. The molecule has 0 saturated carbocycles. The Morgan fingerprint density at radius 1 is 1.24 bits per heavy atom. The Morgan fingerprint density at radius 2 is 2.04 bits per heavy atom. The molecule has 1 N–H and O–H groups in total. The largest absolute Gasteiger partial charge is 0.494 e. The van der Waals surface area contributed by atoms with Crippen molar-refractivity contribution >= 4 is 11.7 Å². The van der Waals surface area contributed by atoms with Crippen LogP contribution in [0.3, 0.4) is 0 Å². The molecule has 6 nitrogen and oxygen atoms in total. The van der Waals surface area contributed by atoms with Gasteiger partial charge in [-0.3, -0.25) is 4.79 Å². The average Bonchev–Trinajstić information content (AvgIpc) is 2.63. The summed E-state index contributed by atoms with van der Waals surface area (Å²) in [6.45, 7) is 5.30. The lowest BCUT2D eigenvalue weighted by Crippen LogP contribution is -2.44. The molecule has 1 aromatic carbocycles. The molecular weight excluding hydrogens is 320 g/mol. The second kappa shape index (κ2) is 8.09. The highest BCUT2D eigenvalue weighted by atomic mass is 16.6. The maximum atomic E-state index is 12.4. The molecule has 0 bridgehead atoms. The summed E-state index contributed by atoms with van der Waals surface area (Å²) in [5.41, 5.74) is 1.68. The molecule has 1 saturated heterocycles. The number of benzene rings is 1. The number of hydrogen-bond donors (Lipinski definition) is 1. The van der Waals surface area contributed by atoms with Crippen LogP contribution >= 0.6 is 0 Å². The Hall–Kier alpha value is -2.44. The molecule has 132 valence electrons. The molecule has 2 aromatic rings. The van der Waals surface area contributed by atoms with Crippen molar-refractivity contribution in [2.24, 2.45) is 0 Å². The van der Waals surface area contributed by atoms with E-state index in [2.05, 4.69) is 10.3 Å². The van der Waals surface area contributed by atoms with Crippen molar-refractivity contribution in [1.29, 1.82) is 0 Å². The Bertz CT molecular complexity index is 735. The Balaban J connectivity index is 1.75. The molecule has 1 amide bonds. The lowest BCUT2D eigenvalue weighted by atomic mass is 10.1. The summed E-state index contributed by atoms with van der Waals surface area (Å²) in [4.78, 5) is 16.9. The number of pyridine rings is 1. The quantitative estimate of drug-likeness (QED) is 0.905. The van der Waals surface area contributed by atoms with Crippen LogP contribution < -0.4 is 10.1 Å². The molecule has 1 aliphatic rings. The minimum atomic E-state index is -0.625. The van der Waals surface area contributed by atoms with Gasteiger partial charge in [0.2, 0.25) is 0 Å². The molecule has 2 heterocycles. The van der Waals surface area contributed by atoms with Gasteiger partial charge in [0, 0.05) is 5.56 Å². The van der Waals surface area contributed by atoms with Gasteiger partial charge in [-0.25, -0.2) is 4.98 Å². The maximum Gasteiger partial charge on any atom is 0.257 e. The topological polar surface area (TPSA) is 69.7 Å². The van der Waals surface area contributed by atoms with E-state index >= 15 is 0 Å². The summed E-state index contributed by atoms with van der Waals surface area (Å²) in [6, 6.07) is 13.2. The number of rotatable bonds is 5. The summed E-state index contributed by atoms with van der Waals surface area (Å²) in [5, 5.41) is 2.81. The van der Waals surface area contributed by atoms with E-state index in [1.54, 1.807) is 6.07 Å². The van der Waals surface area contributed by atoms with E-state index in [1.165, 1.54) is 0 Å². The molecule has 6 heteroatoms. The highest BCUT2D eigenvalue weighted by Gasteiger charge is 2.30. The van der Waals surface area contributed by atoms with Crippen LogP contribution in [0.25, 0.3) is 11.3 Å². The first kappa shape index (κ1) is 17.4. The smallest absolute Gasteiger partial charge is 0.257 e. The van der Waals surface area contributed by atoms with Crippen molar-refractivity contribution in [3.63, 3.8) is 0 Å². The van der Waals surface area contributed by atoms with Crippen LogP contribution in [0.2, 0.25) is 0 Å². The van der Waals surface area contributed by atoms with E-state index in [0.717, 1.165) is 17.0 Å². The van der Waals surface area contributed by atoms with Crippen molar-refractivity contribution in [2.75, 3.05) is 25.1 Å². The highest BCUT2D eigenvalue weighted by Crippen LogP contribution is 2.23. The van der Waals surface area contributed by atoms with Gasteiger partial charge in [0.15, 0.2) is 6.10 Å². The highest BCUT2D eigenvalue weighted by molar-refractivity contribution is 5.94. The third-order valence-corrected chi connectivity index (χ3v) is 3.89. The first-order valence-electron chi connectivity index (χ1n) is 8.41. The number of ether oxygens (including phenoxy) is 3. The third kappa shape index (κ3) is 4.35. The standard InChI is InChI=1S/C19H22N2O4/c1-3-23-15-7-4-6-14(12-15)16-8-5-9-17(20-16)21-19(22)18-13(2)24-10-11-25-18/h4-9,12-13,18H,3,10-11H2,1-2H3,(H,20,21,22)/t13-,18-/m1/s1. The predicted molar refractivity (Wildman–Crippen MR) is 94.6 cm³/mol. The van der Waals surface area contributed by atoms with E-state index in [0.29, 0.717) is 25.6 Å². The summed E-state index contributed by atoms with van der Waals surface area (Å²) in [7, 11) is 0. The lowest BCUT2D eigenvalue weighted by Gasteiger charge is -2.28. The lowest BCUT2D eigenvalue weighted by molar-refractivity contribution is -0.157. The van der Waals surface area contributed by atoms with Crippen molar-refractivity contribution in [1.82, 2.24) is 4.98 Å². The van der Waals surface area contributed by atoms with E-state index in [-0.39, 0.29) is 12.0 Å². The Labute approximate surface area is 147 Å². The van der Waals surface area contributed by atoms with E-state index in [9.17, 15) is 4.79 Å². The van der Waals surface area contributed by atoms with Crippen LogP contribution in [0.4, 0.5) is 5.82 Å². The number of carbonyl (C=O) groups is 1. The molecule has 1 aromatic heterocycles. The zero-order valence-corrected chi connectivity index (χ0v) is 14.4. The number of hydrogen-bond acceptors (Lipinski definition) is 5. The van der Waals surface area contributed by atoms with Gasteiger partial charge in [-0.05, 0) is 38.1 Å². The predicted octanol–water partition coefficient (Wildman–Crippen LogP) is 2.89. The fourth-order valence-corrected chi connectivity index (χ4v) is 2.70. The fourth-order valence-electron chi connectivity index (χ4n) is 2.70. The molecule has 2 atom stereocenters. The average molecular weight is 342 g/mol. The van der Waals surface area contributed by atoms with Crippen LogP contribution in [-0.4, -0.2) is 42.9 Å². The van der Waals surface area contributed by atoms with Crippen molar-refractivity contribution in [3.05, 3.63) is 42.5 Å². The zero-order chi connectivity index (χ0) is 17.6. The molecule has 25 heavy (non-hydrogen) atoms. The molecule has 1 fully saturated rings. The van der Waals surface area contributed by atoms with Gasteiger partial charge in [-0.15, -0.1) is 0 Å². The number of aromatic nitrogens is 1. The minimum absolute atomic E-state index is 0.250. The molecule has 1 aliphatic heterocycles. The van der Waals surface area contributed by atoms with Gasteiger partial charge in [-0.2, -0.15) is 0 Å². The zero-order valence-electron chi connectivity index (χ0n) is 14.4. The van der Waals surface area contributed by atoms with E-state index in [1.807, 2.05) is 50.2 Å². The summed E-state index contributed by atoms with van der Waals surface area (Å²) >= 11 is 0. The third-order valence-electron chi connectivity index (χ3n) is 3.89. The number of carbonyl (C=O) groups excluding carboxylic acids is 1. The molecular formula is C19H22N2O4. The second-order valence-electron chi connectivity index (χ2n) is 5.73. The minimum Gasteiger partial charge on any atom is -0.494 e. The van der Waals surface area contributed by atoms with Gasteiger partial charge >= 0.3 is 0 Å². The van der Waals surface area contributed by atoms with Gasteiger partial charge in [0.25, 0.3) is 5.91 Å². The molecule has 0 spiro atoms. The second-order valence-corrected chi connectivity index (χ2v) is 5.73. The Kier molecular flexibility index (Phi) is 5.63. The molecule has 0 unspecified atom stereocenters. The number of nitrogens with zero attached hydrogens (tertiary/aromatic N) is 1. The SMILES string of the molecule is CCOc1cccc(-c2cccc(NC(=O)[C@@H]3OCCO[C@@H]3C)n2)c1. The normalized spacial score (nSPS) is 20.1. The first-order chi connectivity index (χ1) is 12.2. The number of anilines is 1. The van der Waals surface area contributed by atoms with Crippen LogP contribution in [0.5, 0.6) is 5.75 Å². The van der Waals surface area contributed by atoms with Gasteiger partial charge < -0.3 is 19.5 Å². The first-order valence-corrected chi connectivity index (χ1v) is 8.41. The van der Waals surface area contributed by atoms with Gasteiger partial charge in [0.1, 0.15) is 11.6 Å².